The van der Waals surface area contributed by atoms with E-state index in [0.717, 1.165) is 12.0 Å². The lowest BCUT2D eigenvalue weighted by atomic mass is 10.1. The average Bonchev–Trinajstić information content (AvgIpc) is 3.17. The largest absolute Gasteiger partial charge is 0.435 e. The van der Waals surface area contributed by atoms with Crippen molar-refractivity contribution < 1.29 is 18.3 Å². The van der Waals surface area contributed by atoms with Gasteiger partial charge in [-0.15, -0.1) is 5.10 Å². The van der Waals surface area contributed by atoms with Gasteiger partial charge in [0.25, 0.3) is 0 Å². The first-order chi connectivity index (χ1) is 13.5. The van der Waals surface area contributed by atoms with Crippen molar-refractivity contribution in [3.8, 4) is 17.1 Å². The molecular formula is C19H18F2N4O2S. The Labute approximate surface area is 164 Å². The van der Waals surface area contributed by atoms with Crippen molar-refractivity contribution in [1.29, 1.82) is 0 Å². The Morgan fingerprint density at radius 1 is 1.18 bits per heavy atom. The van der Waals surface area contributed by atoms with Crippen LogP contribution >= 0.6 is 11.8 Å². The van der Waals surface area contributed by atoms with Crippen LogP contribution in [0.2, 0.25) is 0 Å². The number of halogens is 2. The molecule has 0 unspecified atom stereocenters. The number of carbonyl (C=O) groups is 1. The van der Waals surface area contributed by atoms with Crippen molar-refractivity contribution in [2.24, 2.45) is 0 Å². The number of anilines is 1. The third-order valence-electron chi connectivity index (χ3n) is 3.80. The Balaban J connectivity index is 1.51. The summed E-state index contributed by atoms with van der Waals surface area (Å²) in [5, 5.41) is 10.1. The molecule has 0 saturated heterocycles. The summed E-state index contributed by atoms with van der Waals surface area (Å²) in [6, 6.07) is 13.7. The summed E-state index contributed by atoms with van der Waals surface area (Å²) in [6.07, 6.45) is 0.967. The van der Waals surface area contributed by atoms with E-state index in [1.54, 1.807) is 0 Å². The Bertz CT molecular complexity index is 914. The Morgan fingerprint density at radius 3 is 2.54 bits per heavy atom. The quantitative estimate of drug-likeness (QED) is 0.545. The zero-order chi connectivity index (χ0) is 19.9. The minimum Gasteiger partial charge on any atom is -0.435 e. The second kappa shape index (κ2) is 9.32. The molecule has 3 rings (SSSR count). The molecule has 1 heterocycles. The van der Waals surface area contributed by atoms with Gasteiger partial charge in [0.15, 0.2) is 5.82 Å². The average molecular weight is 404 g/mol. The lowest BCUT2D eigenvalue weighted by molar-refractivity contribution is -0.113. The van der Waals surface area contributed by atoms with Gasteiger partial charge in [-0.2, -0.15) is 8.78 Å². The molecule has 146 valence electrons. The minimum absolute atomic E-state index is 0.0302. The fraction of sp³-hybridized carbons (Fsp3) is 0.211. The molecule has 0 saturated carbocycles. The molecule has 28 heavy (non-hydrogen) atoms. The first-order valence-corrected chi connectivity index (χ1v) is 9.51. The number of nitrogens with zero attached hydrogens (tertiary/aromatic N) is 2. The number of rotatable bonds is 8. The van der Waals surface area contributed by atoms with Crippen LogP contribution in [-0.4, -0.2) is 33.5 Å². The third-order valence-corrected chi connectivity index (χ3v) is 4.64. The van der Waals surface area contributed by atoms with Gasteiger partial charge >= 0.3 is 6.61 Å². The molecule has 0 radical (unpaired) electrons. The van der Waals surface area contributed by atoms with Gasteiger partial charge in [0.2, 0.25) is 11.1 Å². The smallest absolute Gasteiger partial charge is 0.387 e. The van der Waals surface area contributed by atoms with Gasteiger partial charge < -0.3 is 10.1 Å². The summed E-state index contributed by atoms with van der Waals surface area (Å²) < 4.78 is 28.5. The van der Waals surface area contributed by atoms with Crippen molar-refractivity contribution in [3.05, 3.63) is 54.1 Å². The van der Waals surface area contributed by atoms with Crippen LogP contribution in [0.15, 0.2) is 53.7 Å². The molecule has 0 atom stereocenters. The molecule has 1 aromatic heterocycles. The molecule has 0 fully saturated rings. The number of benzene rings is 2. The monoisotopic (exact) mass is 404 g/mol. The SMILES string of the molecule is CCc1ccc(-c2nc(SCC(=O)Nc3ccc(OC(F)F)cc3)n[nH]2)cc1. The first-order valence-electron chi connectivity index (χ1n) is 8.52. The number of alkyl halides is 2. The van der Waals surface area contributed by atoms with E-state index in [1.165, 1.54) is 41.6 Å². The number of aromatic amines is 1. The van der Waals surface area contributed by atoms with Crippen LogP contribution < -0.4 is 10.1 Å². The van der Waals surface area contributed by atoms with E-state index in [-0.39, 0.29) is 17.4 Å². The molecule has 0 bridgehead atoms. The summed E-state index contributed by atoms with van der Waals surface area (Å²) in [7, 11) is 0. The number of H-pyrrole nitrogens is 1. The van der Waals surface area contributed by atoms with Gasteiger partial charge in [0.1, 0.15) is 5.75 Å². The van der Waals surface area contributed by atoms with Crippen LogP contribution in [0.1, 0.15) is 12.5 Å². The predicted octanol–water partition coefficient (Wildman–Crippen LogP) is 4.37. The molecule has 0 aliphatic rings. The van der Waals surface area contributed by atoms with Crippen molar-refractivity contribution >= 4 is 23.4 Å². The number of amides is 1. The maximum atomic E-state index is 12.1. The van der Waals surface area contributed by atoms with E-state index in [2.05, 4.69) is 32.2 Å². The summed E-state index contributed by atoms with van der Waals surface area (Å²) in [5.41, 5.74) is 2.65. The Hall–Kier alpha value is -2.94. The maximum absolute atomic E-state index is 12.1. The van der Waals surface area contributed by atoms with Crippen LogP contribution in [0.4, 0.5) is 14.5 Å². The number of hydrogen-bond donors (Lipinski definition) is 2. The summed E-state index contributed by atoms with van der Waals surface area (Å²) >= 11 is 1.19. The maximum Gasteiger partial charge on any atom is 0.387 e. The molecular weight excluding hydrogens is 386 g/mol. The Morgan fingerprint density at radius 2 is 1.89 bits per heavy atom. The van der Waals surface area contributed by atoms with Gasteiger partial charge in [0, 0.05) is 11.3 Å². The van der Waals surface area contributed by atoms with E-state index < -0.39 is 6.61 Å². The Kier molecular flexibility index (Phi) is 6.59. The predicted molar refractivity (Wildman–Crippen MR) is 104 cm³/mol. The highest BCUT2D eigenvalue weighted by molar-refractivity contribution is 7.99. The second-order valence-electron chi connectivity index (χ2n) is 5.76. The van der Waals surface area contributed by atoms with Crippen molar-refractivity contribution in [2.75, 3.05) is 11.1 Å². The van der Waals surface area contributed by atoms with E-state index in [1.807, 2.05) is 24.3 Å². The number of ether oxygens (including phenoxy) is 1. The number of carbonyl (C=O) groups excluding carboxylic acids is 1. The van der Waals surface area contributed by atoms with E-state index in [9.17, 15) is 13.6 Å². The number of aryl methyl sites for hydroxylation is 1. The fourth-order valence-electron chi connectivity index (χ4n) is 2.39. The third kappa shape index (κ3) is 5.53. The second-order valence-corrected chi connectivity index (χ2v) is 6.70. The lowest BCUT2D eigenvalue weighted by Crippen LogP contribution is -2.14. The van der Waals surface area contributed by atoms with Gasteiger partial charge in [-0.25, -0.2) is 4.98 Å². The standard InChI is InChI=1S/C19H18F2N4O2S/c1-2-12-3-5-13(6-4-12)17-23-19(25-24-17)28-11-16(26)22-14-7-9-15(10-8-14)27-18(20)21/h3-10,18H,2,11H2,1H3,(H,22,26)(H,23,24,25). The van der Waals surface area contributed by atoms with Gasteiger partial charge in [0.05, 0.1) is 5.75 Å². The molecule has 0 aliphatic carbocycles. The zero-order valence-corrected chi connectivity index (χ0v) is 15.8. The number of thioether (sulfide) groups is 1. The molecule has 9 heteroatoms. The normalized spacial score (nSPS) is 10.9. The summed E-state index contributed by atoms with van der Waals surface area (Å²) in [5.74, 6) is 0.524. The van der Waals surface area contributed by atoms with Crippen LogP contribution in [0.25, 0.3) is 11.4 Å². The minimum atomic E-state index is -2.88. The molecule has 0 spiro atoms. The fourth-order valence-corrected chi connectivity index (χ4v) is 2.98. The topological polar surface area (TPSA) is 79.9 Å². The molecule has 2 N–H and O–H groups in total. The summed E-state index contributed by atoms with van der Waals surface area (Å²) in [4.78, 5) is 16.4. The summed E-state index contributed by atoms with van der Waals surface area (Å²) in [6.45, 7) is -0.790. The van der Waals surface area contributed by atoms with Crippen LogP contribution in [-0.2, 0) is 11.2 Å². The number of hydrogen-bond acceptors (Lipinski definition) is 5. The van der Waals surface area contributed by atoms with Crippen molar-refractivity contribution in [1.82, 2.24) is 15.2 Å². The molecule has 2 aromatic carbocycles. The zero-order valence-electron chi connectivity index (χ0n) is 15.0. The number of nitrogens with one attached hydrogen (secondary N) is 2. The van der Waals surface area contributed by atoms with Crippen LogP contribution in [0.5, 0.6) is 5.75 Å². The highest BCUT2D eigenvalue weighted by Gasteiger charge is 2.10. The first kappa shape index (κ1) is 19.8. The van der Waals surface area contributed by atoms with Gasteiger partial charge in [-0.3, -0.25) is 9.89 Å². The lowest BCUT2D eigenvalue weighted by Gasteiger charge is -2.07. The molecule has 3 aromatic rings. The molecule has 0 aliphatic heterocycles. The van der Waals surface area contributed by atoms with Gasteiger partial charge in [-0.1, -0.05) is 43.0 Å². The van der Waals surface area contributed by atoms with Crippen LogP contribution in [0.3, 0.4) is 0 Å². The van der Waals surface area contributed by atoms with Crippen molar-refractivity contribution in [3.63, 3.8) is 0 Å². The number of aromatic nitrogens is 3. The highest BCUT2D eigenvalue weighted by Crippen LogP contribution is 2.21. The van der Waals surface area contributed by atoms with E-state index in [0.29, 0.717) is 16.7 Å². The van der Waals surface area contributed by atoms with Crippen molar-refractivity contribution in [2.45, 2.75) is 25.1 Å². The van der Waals surface area contributed by atoms with Crippen LogP contribution in [0, 0.1) is 0 Å². The highest BCUT2D eigenvalue weighted by atomic mass is 32.2. The van der Waals surface area contributed by atoms with E-state index >= 15 is 0 Å². The van der Waals surface area contributed by atoms with Gasteiger partial charge in [-0.05, 0) is 36.2 Å². The van der Waals surface area contributed by atoms with E-state index in [4.69, 9.17) is 0 Å². The molecule has 1 amide bonds. The molecule has 6 nitrogen and oxygen atoms in total.